The van der Waals surface area contributed by atoms with E-state index in [0.717, 1.165) is 38.5 Å². The number of unbranched alkanes of at least 4 members (excludes halogenated alkanes) is 24. The number of Topliss-reactive ketones (excluding diaryl/α,β-unsaturated/α-hetero) is 2. The Morgan fingerprint density at radius 1 is 0.463 bits per heavy atom. The van der Waals surface area contributed by atoms with Gasteiger partial charge in [-0.15, -0.1) is 0 Å². The fraction of sp³-hybridized carbons (Fsp3) is 0.943. The highest BCUT2D eigenvalue weighted by molar-refractivity contribution is 7.21. The molecule has 5 nitrogen and oxygen atoms in total. The molecule has 0 aromatic heterocycles. The van der Waals surface area contributed by atoms with E-state index < -0.39 is 29.1 Å². The lowest BCUT2D eigenvalue weighted by Crippen LogP contribution is -2.62. The second-order valence-electron chi connectivity index (χ2n) is 12.6. The molecule has 3 N–H and O–H groups in total. The maximum atomic E-state index is 12.8. The van der Waals surface area contributed by atoms with Crippen LogP contribution in [0.15, 0.2) is 0 Å². The zero-order chi connectivity index (χ0) is 30.7. The molecule has 0 amide bonds. The van der Waals surface area contributed by atoms with Gasteiger partial charge in [-0.2, -0.15) is 0 Å². The average Bonchev–Trinajstić information content (AvgIpc) is 2.96. The standard InChI is InChI=1S/C35H69O5P/c1-3-5-7-9-11-13-15-17-19-21-23-25-27-29-32(37)34(39,31-36)35(40,41)33(38)30-28-26-24-22-20-18-16-14-12-10-8-6-4-2/h36,39-40H,3-31,41H2,1-2H3. The molecule has 0 radical (unpaired) electrons. The van der Waals surface area contributed by atoms with Crippen molar-refractivity contribution in [3.63, 3.8) is 0 Å². The second kappa shape index (κ2) is 27.2. The molecule has 0 aromatic rings. The van der Waals surface area contributed by atoms with Gasteiger partial charge >= 0.3 is 0 Å². The molecule has 0 rings (SSSR count). The van der Waals surface area contributed by atoms with Crippen LogP contribution in [0.5, 0.6) is 0 Å². The lowest BCUT2D eigenvalue weighted by atomic mass is 9.85. The Labute approximate surface area is 256 Å². The first-order chi connectivity index (χ1) is 19.8. The zero-order valence-corrected chi connectivity index (χ0v) is 28.4. The zero-order valence-electron chi connectivity index (χ0n) is 27.2. The molecule has 0 heterocycles. The predicted molar refractivity (Wildman–Crippen MR) is 177 cm³/mol. The van der Waals surface area contributed by atoms with Crippen molar-refractivity contribution in [2.45, 2.75) is 205 Å². The van der Waals surface area contributed by atoms with Crippen LogP contribution in [0.1, 0.15) is 194 Å². The van der Waals surface area contributed by atoms with Crippen molar-refractivity contribution in [3.05, 3.63) is 0 Å². The van der Waals surface area contributed by atoms with Crippen LogP contribution in [-0.2, 0) is 9.59 Å². The number of rotatable bonds is 32. The predicted octanol–water partition coefficient (Wildman–Crippen LogP) is 9.37. The highest BCUT2D eigenvalue weighted by atomic mass is 31.0. The van der Waals surface area contributed by atoms with Crippen molar-refractivity contribution in [1.82, 2.24) is 0 Å². The number of aliphatic hydroxyl groups is 3. The first-order valence-corrected chi connectivity index (χ1v) is 18.3. The van der Waals surface area contributed by atoms with E-state index in [1.807, 2.05) is 9.24 Å². The van der Waals surface area contributed by atoms with Crippen molar-refractivity contribution < 1.29 is 24.9 Å². The van der Waals surface area contributed by atoms with Crippen LogP contribution in [-0.4, -0.2) is 44.4 Å². The Hall–Kier alpha value is -0.350. The monoisotopic (exact) mass is 600 g/mol. The quantitative estimate of drug-likeness (QED) is 0.0528. The number of carbonyl (C=O) groups excluding carboxylic acids is 2. The number of aliphatic hydroxyl groups excluding tert-OH is 1. The van der Waals surface area contributed by atoms with Crippen LogP contribution >= 0.6 is 9.24 Å². The summed E-state index contributed by atoms with van der Waals surface area (Å²) >= 11 is 0. The fourth-order valence-corrected chi connectivity index (χ4v) is 6.05. The van der Waals surface area contributed by atoms with E-state index in [-0.39, 0.29) is 12.8 Å². The first kappa shape index (κ1) is 40.6. The number of ketones is 2. The van der Waals surface area contributed by atoms with Gasteiger partial charge in [-0.25, -0.2) is 0 Å². The summed E-state index contributed by atoms with van der Waals surface area (Å²) in [6.07, 6.45) is 31.1. The van der Waals surface area contributed by atoms with Crippen LogP contribution in [0.25, 0.3) is 0 Å². The maximum Gasteiger partial charge on any atom is 0.185 e. The Kier molecular flexibility index (Phi) is 27.0. The summed E-state index contributed by atoms with van der Waals surface area (Å²) in [5.41, 5.74) is -2.47. The van der Waals surface area contributed by atoms with Gasteiger partial charge in [0.05, 0.1) is 6.61 Å². The molecule has 0 aliphatic heterocycles. The summed E-state index contributed by atoms with van der Waals surface area (Å²) in [7, 11) is 1.96. The van der Waals surface area contributed by atoms with Crippen LogP contribution in [0, 0.1) is 0 Å². The van der Waals surface area contributed by atoms with Gasteiger partial charge in [0.2, 0.25) is 0 Å². The number of carbonyl (C=O) groups is 2. The minimum absolute atomic E-state index is 0.0531. The Morgan fingerprint density at radius 3 is 0.976 bits per heavy atom. The Bertz CT molecular complexity index is 624. The molecule has 0 saturated heterocycles. The topological polar surface area (TPSA) is 94.8 Å². The smallest absolute Gasteiger partial charge is 0.185 e. The van der Waals surface area contributed by atoms with E-state index in [2.05, 4.69) is 13.8 Å². The summed E-state index contributed by atoms with van der Waals surface area (Å²) in [6, 6.07) is 0. The summed E-state index contributed by atoms with van der Waals surface area (Å²) in [4.78, 5) is 25.6. The van der Waals surface area contributed by atoms with E-state index in [1.165, 1.54) is 116 Å². The van der Waals surface area contributed by atoms with Gasteiger partial charge in [0.1, 0.15) is 0 Å². The van der Waals surface area contributed by atoms with E-state index in [9.17, 15) is 24.9 Å². The van der Waals surface area contributed by atoms with Crippen LogP contribution in [0.4, 0.5) is 0 Å². The van der Waals surface area contributed by atoms with Gasteiger partial charge in [0, 0.05) is 12.8 Å². The van der Waals surface area contributed by atoms with E-state index in [0.29, 0.717) is 12.8 Å². The van der Waals surface area contributed by atoms with Gasteiger partial charge in [-0.05, 0) is 12.8 Å². The third kappa shape index (κ3) is 19.5. The molecule has 3 unspecified atom stereocenters. The van der Waals surface area contributed by atoms with E-state index in [4.69, 9.17) is 0 Å². The van der Waals surface area contributed by atoms with Gasteiger partial charge in [-0.3, -0.25) is 9.59 Å². The molecule has 0 spiro atoms. The third-order valence-electron chi connectivity index (χ3n) is 8.76. The van der Waals surface area contributed by atoms with Gasteiger partial charge in [0.25, 0.3) is 0 Å². The first-order valence-electron chi connectivity index (χ1n) is 17.7. The SMILES string of the molecule is CCCCCCCCCCCCCCCC(=O)C(O)(P)C(O)(CO)C(=O)CCCCCCCCCCCCCCC. The molecule has 41 heavy (non-hydrogen) atoms. The van der Waals surface area contributed by atoms with Crippen molar-refractivity contribution in [1.29, 1.82) is 0 Å². The lowest BCUT2D eigenvalue weighted by molar-refractivity contribution is -0.172. The second-order valence-corrected chi connectivity index (χ2v) is 13.5. The molecular formula is C35H69O5P. The Balaban J connectivity index is 4.02. The highest BCUT2D eigenvalue weighted by Crippen LogP contribution is 2.34. The van der Waals surface area contributed by atoms with Crippen molar-refractivity contribution in [2.75, 3.05) is 6.61 Å². The summed E-state index contributed by atoms with van der Waals surface area (Å²) in [6.45, 7) is 3.53. The molecule has 3 atom stereocenters. The summed E-state index contributed by atoms with van der Waals surface area (Å²) in [5, 5.41) is 29.2. The van der Waals surface area contributed by atoms with Crippen LogP contribution in [0.2, 0.25) is 0 Å². The van der Waals surface area contributed by atoms with Gasteiger partial charge in [0.15, 0.2) is 22.5 Å². The van der Waals surface area contributed by atoms with Crippen LogP contribution < -0.4 is 0 Å². The van der Waals surface area contributed by atoms with E-state index in [1.54, 1.807) is 0 Å². The molecule has 0 aliphatic carbocycles. The minimum atomic E-state index is -2.47. The highest BCUT2D eigenvalue weighted by Gasteiger charge is 2.55. The maximum absolute atomic E-state index is 12.8. The molecule has 0 bridgehead atoms. The Morgan fingerprint density at radius 2 is 0.707 bits per heavy atom. The number of hydrogen-bond acceptors (Lipinski definition) is 5. The van der Waals surface area contributed by atoms with Gasteiger partial charge < -0.3 is 15.3 Å². The van der Waals surface area contributed by atoms with Crippen LogP contribution in [0.3, 0.4) is 0 Å². The lowest BCUT2D eigenvalue weighted by Gasteiger charge is -2.37. The van der Waals surface area contributed by atoms with Crippen molar-refractivity contribution in [3.8, 4) is 0 Å². The molecule has 0 aliphatic rings. The molecule has 244 valence electrons. The normalized spacial score (nSPS) is 14.6. The minimum Gasteiger partial charge on any atom is -0.393 e. The van der Waals surface area contributed by atoms with E-state index >= 15 is 0 Å². The fourth-order valence-electron chi connectivity index (χ4n) is 5.66. The number of hydrogen-bond donors (Lipinski definition) is 3. The molecule has 0 saturated carbocycles. The van der Waals surface area contributed by atoms with Gasteiger partial charge in [-0.1, -0.05) is 177 Å². The molecule has 6 heteroatoms. The average molecular weight is 601 g/mol. The largest absolute Gasteiger partial charge is 0.393 e. The molecule has 0 aromatic carbocycles. The molecular weight excluding hydrogens is 531 g/mol. The third-order valence-corrected chi connectivity index (χ3v) is 9.56. The van der Waals surface area contributed by atoms with Crippen molar-refractivity contribution in [2.24, 2.45) is 0 Å². The molecule has 0 fully saturated rings. The summed E-state index contributed by atoms with van der Waals surface area (Å²) in [5.74, 6) is -1.25. The van der Waals surface area contributed by atoms with Crippen molar-refractivity contribution >= 4 is 20.8 Å². The summed E-state index contributed by atoms with van der Waals surface area (Å²) < 4.78 is 0.